The first kappa shape index (κ1) is 18.8. The topological polar surface area (TPSA) is 125 Å². The summed E-state index contributed by atoms with van der Waals surface area (Å²) in [5.74, 6) is 0.396. The first-order chi connectivity index (χ1) is 12.8. The van der Waals surface area contributed by atoms with Crippen LogP contribution in [0.5, 0.6) is 5.75 Å². The number of nitrogens with zero attached hydrogens (tertiary/aromatic N) is 2. The van der Waals surface area contributed by atoms with Gasteiger partial charge < -0.3 is 26.3 Å². The number of carbonyl (C=O) groups is 1. The van der Waals surface area contributed by atoms with Crippen LogP contribution in [0, 0.1) is 5.92 Å². The molecule has 8 heteroatoms. The number of esters is 1. The summed E-state index contributed by atoms with van der Waals surface area (Å²) in [7, 11) is 0. The first-order valence-corrected chi connectivity index (χ1v) is 8.90. The monoisotopic (exact) mass is 371 g/mol. The molecule has 0 radical (unpaired) electrons. The quantitative estimate of drug-likeness (QED) is 0.668. The summed E-state index contributed by atoms with van der Waals surface area (Å²) in [5.41, 5.74) is 13.4. The van der Waals surface area contributed by atoms with Gasteiger partial charge in [-0.1, -0.05) is 19.9 Å². The van der Waals surface area contributed by atoms with Crippen molar-refractivity contribution in [1.29, 1.82) is 0 Å². The summed E-state index contributed by atoms with van der Waals surface area (Å²) in [5, 5.41) is 3.25. The Labute approximate surface area is 158 Å². The Morgan fingerprint density at radius 1 is 1.41 bits per heavy atom. The van der Waals surface area contributed by atoms with Crippen molar-refractivity contribution in [1.82, 2.24) is 15.3 Å². The van der Waals surface area contributed by atoms with Crippen LogP contribution in [0.4, 0.5) is 11.8 Å². The standard InChI is InChI=1S/C19H25N5O3/c1-5-26-17(25)15-11(4)12-6-7-19(10(2)3,8-13(12)23-15)27-14-9-22-18(21)24-16(14)20/h6-10,15,23H,5H2,1-4H3,(H4,20,21,22,24). The maximum absolute atomic E-state index is 12.2. The van der Waals surface area contributed by atoms with E-state index in [1.807, 2.05) is 39.0 Å². The number of aromatic nitrogens is 2. The highest BCUT2D eigenvalue weighted by atomic mass is 16.5. The molecule has 3 rings (SSSR count). The van der Waals surface area contributed by atoms with Crippen molar-refractivity contribution < 1.29 is 14.3 Å². The minimum absolute atomic E-state index is 0.0727. The van der Waals surface area contributed by atoms with Crippen LogP contribution < -0.4 is 21.5 Å². The number of nitrogen functional groups attached to an aromatic ring is 2. The SMILES string of the molecule is CCOC(=O)C1NC2=CC(Oc3cnc(N)nc3N)(C(C)C)C=CC2=C1C. The lowest BCUT2D eigenvalue weighted by Crippen LogP contribution is -2.41. The molecular weight excluding hydrogens is 346 g/mol. The van der Waals surface area contributed by atoms with Gasteiger partial charge in [0, 0.05) is 11.6 Å². The van der Waals surface area contributed by atoms with Gasteiger partial charge in [-0.25, -0.2) is 9.78 Å². The minimum atomic E-state index is -0.775. The van der Waals surface area contributed by atoms with Crippen LogP contribution in [0.25, 0.3) is 0 Å². The van der Waals surface area contributed by atoms with Crippen molar-refractivity contribution >= 4 is 17.7 Å². The number of rotatable bonds is 5. The van der Waals surface area contributed by atoms with Crippen molar-refractivity contribution in [3.8, 4) is 5.75 Å². The van der Waals surface area contributed by atoms with E-state index in [1.54, 1.807) is 6.92 Å². The van der Waals surface area contributed by atoms with Gasteiger partial charge in [-0.05, 0) is 37.1 Å². The van der Waals surface area contributed by atoms with Crippen LogP contribution in [-0.2, 0) is 9.53 Å². The van der Waals surface area contributed by atoms with E-state index < -0.39 is 11.6 Å². The van der Waals surface area contributed by atoms with Gasteiger partial charge in [0.1, 0.15) is 6.04 Å². The molecule has 144 valence electrons. The first-order valence-electron chi connectivity index (χ1n) is 8.90. The van der Waals surface area contributed by atoms with E-state index in [9.17, 15) is 4.79 Å². The van der Waals surface area contributed by atoms with E-state index in [2.05, 4.69) is 15.3 Å². The van der Waals surface area contributed by atoms with Gasteiger partial charge in [-0.3, -0.25) is 0 Å². The summed E-state index contributed by atoms with van der Waals surface area (Å²) in [6.07, 6.45) is 7.36. The molecule has 0 saturated carbocycles. The van der Waals surface area contributed by atoms with Crippen LogP contribution in [0.3, 0.4) is 0 Å². The second-order valence-corrected chi connectivity index (χ2v) is 6.91. The van der Waals surface area contributed by atoms with Gasteiger partial charge in [0.2, 0.25) is 5.95 Å². The predicted octanol–water partition coefficient (Wildman–Crippen LogP) is 1.72. The zero-order chi connectivity index (χ0) is 19.8. The molecule has 5 N–H and O–H groups in total. The van der Waals surface area contributed by atoms with Crippen LogP contribution in [0.15, 0.2) is 41.3 Å². The predicted molar refractivity (Wildman–Crippen MR) is 103 cm³/mol. The Kier molecular flexibility index (Phi) is 4.82. The summed E-state index contributed by atoms with van der Waals surface area (Å²) in [6, 6.07) is -0.497. The van der Waals surface area contributed by atoms with Crippen molar-refractivity contribution in [3.05, 3.63) is 41.3 Å². The number of anilines is 2. The Morgan fingerprint density at radius 2 is 2.15 bits per heavy atom. The van der Waals surface area contributed by atoms with Gasteiger partial charge in [-0.15, -0.1) is 0 Å². The average molecular weight is 371 g/mol. The molecule has 1 aliphatic heterocycles. The van der Waals surface area contributed by atoms with Gasteiger partial charge >= 0.3 is 5.97 Å². The third-order valence-electron chi connectivity index (χ3n) is 4.84. The second-order valence-electron chi connectivity index (χ2n) is 6.91. The highest BCUT2D eigenvalue weighted by molar-refractivity contribution is 5.83. The number of allylic oxidation sites excluding steroid dienone is 1. The Hall–Kier alpha value is -3.03. The average Bonchev–Trinajstić information content (AvgIpc) is 2.93. The number of nitrogens with one attached hydrogen (secondary N) is 1. The van der Waals surface area contributed by atoms with E-state index in [4.69, 9.17) is 20.9 Å². The molecule has 0 bridgehead atoms. The number of fused-ring (bicyclic) bond motifs is 1. The summed E-state index contributed by atoms with van der Waals surface area (Å²) < 4.78 is 11.4. The third-order valence-corrected chi connectivity index (χ3v) is 4.84. The lowest BCUT2D eigenvalue weighted by molar-refractivity contribution is -0.144. The fourth-order valence-corrected chi connectivity index (χ4v) is 3.21. The molecule has 0 fully saturated rings. The summed E-state index contributed by atoms with van der Waals surface area (Å²) in [6.45, 7) is 8.12. The van der Waals surface area contributed by atoms with Crippen molar-refractivity contribution in [3.63, 3.8) is 0 Å². The highest BCUT2D eigenvalue weighted by Crippen LogP contribution is 2.38. The molecule has 1 aromatic heterocycles. The molecule has 0 amide bonds. The fraction of sp³-hybridized carbons (Fsp3) is 0.421. The molecule has 2 aliphatic rings. The maximum Gasteiger partial charge on any atom is 0.332 e. The van der Waals surface area contributed by atoms with E-state index in [-0.39, 0.29) is 23.7 Å². The van der Waals surface area contributed by atoms with Gasteiger partial charge in [0.15, 0.2) is 17.2 Å². The maximum atomic E-state index is 12.2. The van der Waals surface area contributed by atoms with Gasteiger partial charge in [0.25, 0.3) is 0 Å². The van der Waals surface area contributed by atoms with Crippen LogP contribution in [0.2, 0.25) is 0 Å². The zero-order valence-corrected chi connectivity index (χ0v) is 15.9. The van der Waals surface area contributed by atoms with Gasteiger partial charge in [-0.2, -0.15) is 4.98 Å². The second kappa shape index (κ2) is 6.94. The van der Waals surface area contributed by atoms with Crippen molar-refractivity contribution in [2.45, 2.75) is 39.3 Å². The lowest BCUT2D eigenvalue weighted by atomic mass is 9.83. The molecule has 8 nitrogen and oxygen atoms in total. The van der Waals surface area contributed by atoms with Gasteiger partial charge in [0.05, 0.1) is 12.8 Å². The largest absolute Gasteiger partial charge is 0.473 e. The fourth-order valence-electron chi connectivity index (χ4n) is 3.21. The number of carbonyl (C=O) groups excluding carboxylic acids is 1. The number of hydrogen-bond donors (Lipinski definition) is 3. The molecule has 1 aromatic rings. The highest BCUT2D eigenvalue weighted by Gasteiger charge is 2.40. The van der Waals surface area contributed by atoms with Crippen molar-refractivity contribution in [2.24, 2.45) is 5.92 Å². The Morgan fingerprint density at radius 3 is 2.78 bits per heavy atom. The molecule has 2 unspecified atom stereocenters. The zero-order valence-electron chi connectivity index (χ0n) is 15.9. The molecule has 0 aromatic carbocycles. The van der Waals surface area contributed by atoms with E-state index in [1.165, 1.54) is 6.20 Å². The Bertz CT molecular complexity index is 859. The number of ether oxygens (including phenoxy) is 2. The van der Waals surface area contributed by atoms with Crippen LogP contribution in [-0.4, -0.2) is 34.2 Å². The smallest absolute Gasteiger partial charge is 0.332 e. The van der Waals surface area contributed by atoms with E-state index in [0.29, 0.717) is 12.4 Å². The molecule has 0 spiro atoms. The van der Waals surface area contributed by atoms with Crippen LogP contribution >= 0.6 is 0 Å². The molecule has 0 saturated heterocycles. The van der Waals surface area contributed by atoms with Crippen molar-refractivity contribution in [2.75, 3.05) is 18.1 Å². The summed E-state index contributed by atoms with van der Waals surface area (Å²) in [4.78, 5) is 20.1. The molecular formula is C19H25N5O3. The molecule has 1 aliphatic carbocycles. The normalized spacial score (nSPS) is 23.7. The third kappa shape index (κ3) is 3.34. The lowest BCUT2D eigenvalue weighted by Gasteiger charge is -2.35. The minimum Gasteiger partial charge on any atom is -0.473 e. The molecule has 27 heavy (non-hydrogen) atoms. The summed E-state index contributed by atoms with van der Waals surface area (Å²) >= 11 is 0. The Balaban J connectivity index is 1.95. The molecule has 2 atom stereocenters. The van der Waals surface area contributed by atoms with E-state index in [0.717, 1.165) is 16.8 Å². The number of hydrogen-bond acceptors (Lipinski definition) is 8. The number of nitrogens with two attached hydrogens (primary N) is 2. The van der Waals surface area contributed by atoms with Crippen LogP contribution in [0.1, 0.15) is 27.7 Å². The van der Waals surface area contributed by atoms with E-state index >= 15 is 0 Å². The molecule has 2 heterocycles.